The molecule has 2 aromatic heterocycles. The zero-order valence-electron chi connectivity index (χ0n) is 7.65. The molecule has 0 saturated carbocycles. The molecule has 15 heavy (non-hydrogen) atoms. The van der Waals surface area contributed by atoms with Crippen LogP contribution in [0, 0.1) is 0 Å². The van der Waals surface area contributed by atoms with Gasteiger partial charge in [0.1, 0.15) is 0 Å². The maximum Gasteiger partial charge on any atom is 0.0761 e. The average molecular weight is 348 g/mol. The van der Waals surface area contributed by atoms with Crippen LogP contribution in [0.25, 0.3) is 0 Å². The smallest absolute Gasteiger partial charge is 0.0761 e. The van der Waals surface area contributed by atoms with Crippen LogP contribution >= 0.6 is 43.2 Å². The van der Waals surface area contributed by atoms with E-state index >= 15 is 0 Å². The summed E-state index contributed by atoms with van der Waals surface area (Å²) in [5, 5.41) is 0. The first-order valence-corrected chi connectivity index (χ1v) is 6.69. The van der Waals surface area contributed by atoms with E-state index in [4.69, 9.17) is 5.73 Å². The second-order valence-corrected chi connectivity index (χ2v) is 6.79. The van der Waals surface area contributed by atoms with Gasteiger partial charge in [0.25, 0.3) is 0 Å². The summed E-state index contributed by atoms with van der Waals surface area (Å²) in [5.41, 5.74) is 8.25. The van der Waals surface area contributed by atoms with Gasteiger partial charge in [-0.1, -0.05) is 6.07 Å². The van der Waals surface area contributed by atoms with E-state index in [-0.39, 0.29) is 6.04 Å². The number of thiophene rings is 1. The lowest BCUT2D eigenvalue weighted by Crippen LogP contribution is -2.11. The summed E-state index contributed by atoms with van der Waals surface area (Å²) in [5.74, 6) is 0. The molecular formula is C10H8Br2N2S. The van der Waals surface area contributed by atoms with Crippen LogP contribution in [0.2, 0.25) is 0 Å². The molecule has 0 aromatic carbocycles. The zero-order valence-corrected chi connectivity index (χ0v) is 11.6. The molecule has 0 bridgehead atoms. The summed E-state index contributed by atoms with van der Waals surface area (Å²) in [6.45, 7) is 0. The minimum absolute atomic E-state index is 0.129. The van der Waals surface area contributed by atoms with Crippen LogP contribution in [0.5, 0.6) is 0 Å². The van der Waals surface area contributed by atoms with Gasteiger partial charge in [-0.05, 0) is 55.1 Å². The van der Waals surface area contributed by atoms with E-state index in [0.29, 0.717) is 0 Å². The van der Waals surface area contributed by atoms with E-state index in [0.717, 1.165) is 18.7 Å². The monoisotopic (exact) mass is 346 g/mol. The highest BCUT2D eigenvalue weighted by molar-refractivity contribution is 9.12. The van der Waals surface area contributed by atoms with Crippen molar-refractivity contribution in [3.63, 3.8) is 0 Å². The van der Waals surface area contributed by atoms with Gasteiger partial charge in [0.15, 0.2) is 0 Å². The van der Waals surface area contributed by atoms with E-state index in [2.05, 4.69) is 36.8 Å². The molecule has 5 heteroatoms. The molecule has 0 aliphatic rings. The first-order chi connectivity index (χ1) is 7.18. The van der Waals surface area contributed by atoms with Crippen molar-refractivity contribution in [3.8, 4) is 0 Å². The number of pyridine rings is 1. The molecular weight excluding hydrogens is 340 g/mol. The minimum atomic E-state index is -0.129. The third kappa shape index (κ3) is 2.47. The molecule has 1 unspecified atom stereocenters. The van der Waals surface area contributed by atoms with E-state index in [1.165, 1.54) is 0 Å². The normalized spacial score (nSPS) is 12.7. The molecule has 0 spiro atoms. The van der Waals surface area contributed by atoms with Crippen LogP contribution in [0.4, 0.5) is 0 Å². The Morgan fingerprint density at radius 3 is 2.73 bits per heavy atom. The Morgan fingerprint density at radius 2 is 2.20 bits per heavy atom. The predicted molar refractivity (Wildman–Crippen MR) is 70.0 cm³/mol. The molecule has 2 aromatic rings. The largest absolute Gasteiger partial charge is 0.320 e. The molecule has 2 heterocycles. The van der Waals surface area contributed by atoms with E-state index < -0.39 is 0 Å². The first-order valence-electron chi connectivity index (χ1n) is 4.28. The minimum Gasteiger partial charge on any atom is -0.320 e. The fourth-order valence-electron chi connectivity index (χ4n) is 1.30. The van der Waals surface area contributed by atoms with Gasteiger partial charge in [-0.2, -0.15) is 0 Å². The molecule has 0 radical (unpaired) electrons. The summed E-state index contributed by atoms with van der Waals surface area (Å²) in [4.78, 5) is 4.06. The highest BCUT2D eigenvalue weighted by Gasteiger charge is 2.14. The van der Waals surface area contributed by atoms with Crippen LogP contribution in [0.15, 0.2) is 38.2 Å². The fourth-order valence-corrected chi connectivity index (χ4v) is 4.23. The number of nitrogens with zero attached hydrogens (tertiary/aromatic N) is 1. The van der Waals surface area contributed by atoms with Gasteiger partial charge in [0, 0.05) is 12.4 Å². The van der Waals surface area contributed by atoms with Crippen molar-refractivity contribution in [3.05, 3.63) is 49.3 Å². The van der Waals surface area contributed by atoms with Crippen molar-refractivity contribution >= 4 is 43.2 Å². The van der Waals surface area contributed by atoms with E-state index in [1.54, 1.807) is 23.7 Å². The number of hydrogen-bond donors (Lipinski definition) is 1. The Morgan fingerprint density at radius 1 is 1.40 bits per heavy atom. The molecule has 2 rings (SSSR count). The van der Waals surface area contributed by atoms with Crippen LogP contribution in [0.3, 0.4) is 0 Å². The lowest BCUT2D eigenvalue weighted by atomic mass is 10.0. The second kappa shape index (κ2) is 4.74. The van der Waals surface area contributed by atoms with E-state index in [1.807, 2.05) is 18.2 Å². The van der Waals surface area contributed by atoms with Gasteiger partial charge in [-0.25, -0.2) is 0 Å². The molecule has 0 aliphatic carbocycles. The number of aromatic nitrogens is 1. The number of halogens is 2. The van der Waals surface area contributed by atoms with Gasteiger partial charge in [-0.15, -0.1) is 11.3 Å². The van der Waals surface area contributed by atoms with E-state index in [9.17, 15) is 0 Å². The van der Waals surface area contributed by atoms with Crippen LogP contribution < -0.4 is 5.73 Å². The number of hydrogen-bond acceptors (Lipinski definition) is 3. The Kier molecular flexibility index (Phi) is 3.56. The zero-order chi connectivity index (χ0) is 10.8. The maximum atomic E-state index is 6.15. The average Bonchev–Trinajstić information content (AvgIpc) is 2.58. The highest BCUT2D eigenvalue weighted by Crippen LogP contribution is 2.36. The van der Waals surface area contributed by atoms with Gasteiger partial charge < -0.3 is 5.73 Å². The number of rotatable bonds is 2. The molecule has 0 amide bonds. The second-order valence-electron chi connectivity index (χ2n) is 3.04. The summed E-state index contributed by atoms with van der Waals surface area (Å²) in [6.07, 6.45) is 3.54. The summed E-state index contributed by atoms with van der Waals surface area (Å²) < 4.78 is 2.13. The maximum absolute atomic E-state index is 6.15. The van der Waals surface area contributed by atoms with Crippen LogP contribution in [0.1, 0.15) is 17.2 Å². The first kappa shape index (κ1) is 11.3. The highest BCUT2D eigenvalue weighted by atomic mass is 79.9. The third-order valence-electron chi connectivity index (χ3n) is 2.06. The molecule has 2 nitrogen and oxygen atoms in total. The van der Waals surface area contributed by atoms with Crippen molar-refractivity contribution in [1.29, 1.82) is 0 Å². The molecule has 78 valence electrons. The van der Waals surface area contributed by atoms with Gasteiger partial charge >= 0.3 is 0 Å². The Labute approximate surface area is 109 Å². The quantitative estimate of drug-likeness (QED) is 0.899. The van der Waals surface area contributed by atoms with Crippen molar-refractivity contribution in [2.24, 2.45) is 5.73 Å². The van der Waals surface area contributed by atoms with Gasteiger partial charge in [-0.3, -0.25) is 4.98 Å². The number of nitrogens with two attached hydrogens (primary N) is 1. The fraction of sp³-hybridized carbons (Fsp3) is 0.100. The molecule has 0 fully saturated rings. The molecule has 0 saturated heterocycles. The summed E-state index contributed by atoms with van der Waals surface area (Å²) in [7, 11) is 0. The third-order valence-corrected chi connectivity index (χ3v) is 4.45. The van der Waals surface area contributed by atoms with Crippen molar-refractivity contribution in [1.82, 2.24) is 4.98 Å². The van der Waals surface area contributed by atoms with Crippen molar-refractivity contribution < 1.29 is 0 Å². The lowest BCUT2D eigenvalue weighted by molar-refractivity contribution is 0.864. The standard InChI is InChI=1S/C10H8Br2N2S/c11-8-4-7(10(12)15-8)9(13)6-2-1-3-14-5-6/h1-5,9H,13H2. The molecule has 1 atom stereocenters. The van der Waals surface area contributed by atoms with Gasteiger partial charge in [0.2, 0.25) is 0 Å². The lowest BCUT2D eigenvalue weighted by Gasteiger charge is -2.10. The topological polar surface area (TPSA) is 38.9 Å². The van der Waals surface area contributed by atoms with Crippen LogP contribution in [-0.2, 0) is 0 Å². The summed E-state index contributed by atoms with van der Waals surface area (Å²) in [6, 6.07) is 5.78. The Balaban J connectivity index is 2.36. The molecule has 2 N–H and O–H groups in total. The predicted octanol–water partition coefficient (Wildman–Crippen LogP) is 3.72. The summed E-state index contributed by atoms with van der Waals surface area (Å²) >= 11 is 8.57. The van der Waals surface area contributed by atoms with Crippen molar-refractivity contribution in [2.45, 2.75) is 6.04 Å². The Hall–Kier alpha value is -0.230. The van der Waals surface area contributed by atoms with Crippen molar-refractivity contribution in [2.75, 3.05) is 0 Å². The molecule has 0 aliphatic heterocycles. The SMILES string of the molecule is NC(c1cccnc1)c1cc(Br)sc1Br. The Bertz CT molecular complexity index is 456. The van der Waals surface area contributed by atoms with Gasteiger partial charge in [0.05, 0.1) is 13.6 Å². The van der Waals surface area contributed by atoms with Crippen LogP contribution in [-0.4, -0.2) is 4.98 Å².